The van der Waals surface area contributed by atoms with E-state index in [1.165, 1.54) is 0 Å². The number of aryl methyl sites for hydroxylation is 1. The summed E-state index contributed by atoms with van der Waals surface area (Å²) in [7, 11) is 1.85. The molecule has 0 unspecified atom stereocenters. The minimum absolute atomic E-state index is 0.165. The highest BCUT2D eigenvalue weighted by Crippen LogP contribution is 2.37. The maximum absolute atomic E-state index is 12.3. The third kappa shape index (κ3) is 4.67. The van der Waals surface area contributed by atoms with Gasteiger partial charge in [-0.3, -0.25) is 9.69 Å². The van der Waals surface area contributed by atoms with Gasteiger partial charge in [-0.15, -0.1) is 0 Å². The number of benzene rings is 1. The Kier molecular flexibility index (Phi) is 5.50. The summed E-state index contributed by atoms with van der Waals surface area (Å²) < 4.78 is 16.7. The SMILES string of the molecule is Cc1ccc(CN(C)CC(=O)Nc2cc3c(cc2Cl)OCCCO3)o1. The summed E-state index contributed by atoms with van der Waals surface area (Å²) in [5, 5.41) is 3.24. The summed E-state index contributed by atoms with van der Waals surface area (Å²) in [5.41, 5.74) is 0.512. The van der Waals surface area contributed by atoms with E-state index in [1.54, 1.807) is 12.1 Å². The number of likely N-dealkylation sites (N-methyl/N-ethyl adjacent to an activating group) is 1. The molecule has 134 valence electrons. The minimum atomic E-state index is -0.165. The van der Waals surface area contributed by atoms with E-state index in [-0.39, 0.29) is 12.5 Å². The van der Waals surface area contributed by atoms with E-state index in [4.69, 9.17) is 25.5 Å². The third-order valence-electron chi connectivity index (χ3n) is 3.75. The molecule has 0 aliphatic carbocycles. The number of furan rings is 1. The molecule has 2 heterocycles. The van der Waals surface area contributed by atoms with Crippen molar-refractivity contribution in [2.45, 2.75) is 19.9 Å². The Morgan fingerprint density at radius 2 is 1.96 bits per heavy atom. The van der Waals surface area contributed by atoms with Gasteiger partial charge < -0.3 is 19.2 Å². The Balaban J connectivity index is 1.61. The van der Waals surface area contributed by atoms with Crippen molar-refractivity contribution in [2.75, 3.05) is 32.1 Å². The van der Waals surface area contributed by atoms with Crippen molar-refractivity contribution in [1.82, 2.24) is 4.90 Å². The Morgan fingerprint density at radius 3 is 2.64 bits per heavy atom. The molecule has 25 heavy (non-hydrogen) atoms. The van der Waals surface area contributed by atoms with Gasteiger partial charge in [0.05, 0.1) is 37.0 Å². The van der Waals surface area contributed by atoms with E-state index in [2.05, 4.69) is 5.32 Å². The first-order valence-corrected chi connectivity index (χ1v) is 8.52. The van der Waals surface area contributed by atoms with Gasteiger partial charge in [-0.2, -0.15) is 0 Å². The molecule has 0 saturated carbocycles. The Labute approximate surface area is 151 Å². The molecule has 0 spiro atoms. The number of amides is 1. The zero-order chi connectivity index (χ0) is 17.8. The van der Waals surface area contributed by atoms with Crippen molar-refractivity contribution in [3.8, 4) is 11.5 Å². The molecular formula is C18H21ClN2O4. The van der Waals surface area contributed by atoms with Crippen molar-refractivity contribution >= 4 is 23.2 Å². The number of halogens is 1. The number of carbonyl (C=O) groups excluding carboxylic acids is 1. The average molecular weight is 365 g/mol. The molecule has 0 atom stereocenters. The second-order valence-corrected chi connectivity index (χ2v) is 6.47. The molecule has 0 radical (unpaired) electrons. The van der Waals surface area contributed by atoms with Crippen molar-refractivity contribution in [1.29, 1.82) is 0 Å². The summed E-state index contributed by atoms with van der Waals surface area (Å²) in [6.45, 7) is 3.82. The first kappa shape index (κ1) is 17.6. The summed E-state index contributed by atoms with van der Waals surface area (Å²) in [6, 6.07) is 7.19. The van der Waals surface area contributed by atoms with Gasteiger partial charge in [0.1, 0.15) is 11.5 Å². The van der Waals surface area contributed by atoms with Gasteiger partial charge >= 0.3 is 0 Å². The summed E-state index contributed by atoms with van der Waals surface area (Å²) in [5.74, 6) is 2.71. The van der Waals surface area contributed by atoms with Gasteiger partial charge in [-0.05, 0) is 26.1 Å². The van der Waals surface area contributed by atoms with Crippen LogP contribution in [0.5, 0.6) is 11.5 Å². The lowest BCUT2D eigenvalue weighted by Gasteiger charge is -2.16. The van der Waals surface area contributed by atoms with Crippen LogP contribution >= 0.6 is 11.6 Å². The fourth-order valence-electron chi connectivity index (χ4n) is 2.61. The van der Waals surface area contributed by atoms with Crippen molar-refractivity contribution in [2.24, 2.45) is 0 Å². The summed E-state index contributed by atoms with van der Waals surface area (Å²) in [4.78, 5) is 14.2. The van der Waals surface area contributed by atoms with Crippen LogP contribution < -0.4 is 14.8 Å². The number of hydrogen-bond acceptors (Lipinski definition) is 5. The van der Waals surface area contributed by atoms with Crippen molar-refractivity contribution in [3.05, 3.63) is 40.8 Å². The number of nitrogens with zero attached hydrogens (tertiary/aromatic N) is 1. The standard InChI is InChI=1S/C18H21ClN2O4/c1-12-4-5-13(25-12)10-21(2)11-18(22)20-15-9-17-16(8-14(15)19)23-6-3-7-24-17/h4-5,8-9H,3,6-7,10-11H2,1-2H3,(H,20,22). The molecule has 0 saturated heterocycles. The van der Waals surface area contributed by atoms with Crippen LogP contribution in [-0.2, 0) is 11.3 Å². The molecular weight excluding hydrogens is 344 g/mol. The van der Waals surface area contributed by atoms with Crippen LogP contribution in [0.3, 0.4) is 0 Å². The Hall–Kier alpha value is -2.18. The third-order valence-corrected chi connectivity index (χ3v) is 4.06. The average Bonchev–Trinajstić information content (AvgIpc) is 2.81. The fourth-order valence-corrected chi connectivity index (χ4v) is 2.81. The molecule has 7 heteroatoms. The molecule has 1 N–H and O–H groups in total. The maximum atomic E-state index is 12.3. The molecule has 1 aliphatic heterocycles. The van der Waals surface area contributed by atoms with E-state index in [0.717, 1.165) is 17.9 Å². The minimum Gasteiger partial charge on any atom is -0.490 e. The molecule has 3 rings (SSSR count). The van der Waals surface area contributed by atoms with Crippen LogP contribution in [-0.4, -0.2) is 37.6 Å². The number of hydrogen-bond donors (Lipinski definition) is 1. The predicted octanol–water partition coefficient (Wildman–Crippen LogP) is 3.47. The highest BCUT2D eigenvalue weighted by molar-refractivity contribution is 6.34. The lowest BCUT2D eigenvalue weighted by molar-refractivity contribution is -0.117. The van der Waals surface area contributed by atoms with Crippen LogP contribution in [0.15, 0.2) is 28.7 Å². The molecule has 0 fully saturated rings. The van der Waals surface area contributed by atoms with Crippen LogP contribution in [0, 0.1) is 6.92 Å². The normalized spacial score (nSPS) is 13.6. The molecule has 6 nitrogen and oxygen atoms in total. The van der Waals surface area contributed by atoms with E-state index in [9.17, 15) is 4.79 Å². The largest absolute Gasteiger partial charge is 0.490 e. The molecule has 1 aromatic heterocycles. The number of carbonyl (C=O) groups is 1. The molecule has 1 amide bonds. The van der Waals surface area contributed by atoms with Crippen molar-refractivity contribution in [3.63, 3.8) is 0 Å². The highest BCUT2D eigenvalue weighted by Gasteiger charge is 2.16. The molecule has 0 bridgehead atoms. The number of ether oxygens (including phenoxy) is 2. The van der Waals surface area contributed by atoms with E-state index in [1.807, 2.05) is 31.0 Å². The van der Waals surface area contributed by atoms with Gasteiger partial charge in [0, 0.05) is 18.6 Å². The Bertz CT molecular complexity index is 760. The molecule has 1 aliphatic rings. The molecule has 1 aromatic carbocycles. The maximum Gasteiger partial charge on any atom is 0.238 e. The first-order valence-electron chi connectivity index (χ1n) is 8.14. The second-order valence-electron chi connectivity index (χ2n) is 6.06. The fraction of sp³-hybridized carbons (Fsp3) is 0.389. The number of fused-ring (bicyclic) bond motifs is 1. The number of nitrogens with one attached hydrogen (secondary N) is 1. The van der Waals surface area contributed by atoms with Gasteiger partial charge in [0.15, 0.2) is 11.5 Å². The number of anilines is 1. The first-order chi connectivity index (χ1) is 12.0. The van der Waals surface area contributed by atoms with E-state index in [0.29, 0.717) is 42.0 Å². The van der Waals surface area contributed by atoms with Gasteiger partial charge in [-0.25, -0.2) is 0 Å². The quantitative estimate of drug-likeness (QED) is 0.880. The van der Waals surface area contributed by atoms with Crippen LogP contribution in [0.25, 0.3) is 0 Å². The van der Waals surface area contributed by atoms with Gasteiger partial charge in [0.25, 0.3) is 0 Å². The monoisotopic (exact) mass is 364 g/mol. The summed E-state index contributed by atoms with van der Waals surface area (Å²) >= 11 is 6.25. The van der Waals surface area contributed by atoms with E-state index >= 15 is 0 Å². The topological polar surface area (TPSA) is 63.9 Å². The smallest absolute Gasteiger partial charge is 0.238 e. The zero-order valence-electron chi connectivity index (χ0n) is 14.3. The lowest BCUT2D eigenvalue weighted by atomic mass is 10.2. The lowest BCUT2D eigenvalue weighted by Crippen LogP contribution is -2.29. The van der Waals surface area contributed by atoms with Crippen LogP contribution in [0.1, 0.15) is 17.9 Å². The van der Waals surface area contributed by atoms with Crippen molar-refractivity contribution < 1.29 is 18.7 Å². The predicted molar refractivity (Wildman–Crippen MR) is 95.5 cm³/mol. The van der Waals surface area contributed by atoms with Gasteiger partial charge in [-0.1, -0.05) is 11.6 Å². The van der Waals surface area contributed by atoms with E-state index < -0.39 is 0 Å². The molecule has 2 aromatic rings. The van der Waals surface area contributed by atoms with Crippen LogP contribution in [0.2, 0.25) is 5.02 Å². The highest BCUT2D eigenvalue weighted by atomic mass is 35.5. The number of rotatable bonds is 5. The Morgan fingerprint density at radius 1 is 1.24 bits per heavy atom. The summed E-state index contributed by atoms with van der Waals surface area (Å²) in [6.07, 6.45) is 0.811. The zero-order valence-corrected chi connectivity index (χ0v) is 15.1. The van der Waals surface area contributed by atoms with Gasteiger partial charge in [0.2, 0.25) is 5.91 Å². The van der Waals surface area contributed by atoms with Crippen LogP contribution in [0.4, 0.5) is 5.69 Å². The second kappa shape index (κ2) is 7.80.